The van der Waals surface area contributed by atoms with Crippen molar-refractivity contribution in [3.05, 3.63) is 0 Å². The van der Waals surface area contributed by atoms with E-state index in [0.29, 0.717) is 6.42 Å². The minimum absolute atomic E-state index is 0.107. The Labute approximate surface area is 90.3 Å². The van der Waals surface area contributed by atoms with Crippen LogP contribution < -0.4 is 0 Å². The third-order valence-corrected chi connectivity index (χ3v) is 5.26. The Bertz CT molecular complexity index is 211. The average Bonchev–Trinajstić information content (AvgIpc) is 2.23. The molecule has 0 heterocycles. The molecule has 15 heavy (non-hydrogen) atoms. The summed E-state index contributed by atoms with van der Waals surface area (Å²) in [6.45, 7) is 1.91. The monoisotopic (exact) mass is 260 g/mol. The van der Waals surface area contributed by atoms with Crippen LogP contribution in [0.5, 0.6) is 0 Å². The summed E-state index contributed by atoms with van der Waals surface area (Å²) in [6, 6.07) is 0. The molecule has 0 saturated heterocycles. The van der Waals surface area contributed by atoms with Gasteiger partial charge in [-0.25, -0.2) is 4.57 Å². The van der Waals surface area contributed by atoms with Crippen LogP contribution in [0.4, 0.5) is 0 Å². The van der Waals surface area contributed by atoms with Crippen molar-refractivity contribution in [2.45, 2.75) is 13.3 Å². The zero-order valence-electron chi connectivity index (χ0n) is 9.26. The second-order valence-electron chi connectivity index (χ2n) is 2.51. The van der Waals surface area contributed by atoms with Gasteiger partial charge in [0.25, 0.3) is 0 Å². The van der Waals surface area contributed by atoms with Crippen LogP contribution in [-0.4, -0.2) is 41.9 Å². The number of phosphoric acid groups is 1. The summed E-state index contributed by atoms with van der Waals surface area (Å²) in [7, 11) is -3.95. The molecule has 0 radical (unpaired) electrons. The molecule has 0 aliphatic heterocycles. The molecule has 7 nitrogen and oxygen atoms in total. The average molecular weight is 260 g/mol. The van der Waals surface area contributed by atoms with E-state index in [-0.39, 0.29) is 6.61 Å². The predicted octanol–water partition coefficient (Wildman–Crippen LogP) is 0.905. The van der Waals surface area contributed by atoms with E-state index < -0.39 is 16.9 Å². The fourth-order valence-electron chi connectivity index (χ4n) is 0.736. The highest BCUT2D eigenvalue weighted by molar-refractivity contribution is 7.49. The van der Waals surface area contributed by atoms with Crippen LogP contribution in [0.3, 0.4) is 0 Å². The lowest BCUT2D eigenvalue weighted by Crippen LogP contribution is -2.45. The SMILES string of the molecule is CCCOP(=O)(O)O[Si](OC)(OC)OC. The van der Waals surface area contributed by atoms with Crippen molar-refractivity contribution in [2.75, 3.05) is 27.9 Å². The maximum Gasteiger partial charge on any atom is 0.687 e. The van der Waals surface area contributed by atoms with Crippen LogP contribution in [-0.2, 0) is 26.6 Å². The second-order valence-corrected chi connectivity index (χ2v) is 6.66. The second kappa shape index (κ2) is 6.72. The minimum atomic E-state index is -4.19. The maximum absolute atomic E-state index is 11.4. The highest BCUT2D eigenvalue weighted by Crippen LogP contribution is 2.46. The summed E-state index contributed by atoms with van der Waals surface area (Å²) in [6.07, 6.45) is 0.593. The van der Waals surface area contributed by atoms with Crippen molar-refractivity contribution >= 4 is 16.9 Å². The third-order valence-electron chi connectivity index (χ3n) is 1.44. The maximum atomic E-state index is 11.4. The molecule has 0 aromatic heterocycles. The van der Waals surface area contributed by atoms with E-state index in [0.717, 1.165) is 0 Å². The van der Waals surface area contributed by atoms with E-state index >= 15 is 0 Å². The van der Waals surface area contributed by atoms with E-state index in [2.05, 4.69) is 4.52 Å². The molecule has 0 aliphatic carbocycles. The molecule has 1 unspecified atom stereocenters. The van der Waals surface area contributed by atoms with E-state index in [1.165, 1.54) is 21.3 Å². The van der Waals surface area contributed by atoms with E-state index in [4.69, 9.17) is 17.5 Å². The lowest BCUT2D eigenvalue weighted by molar-refractivity contribution is 0.0339. The largest absolute Gasteiger partial charge is 0.687 e. The van der Waals surface area contributed by atoms with Gasteiger partial charge in [0.2, 0.25) is 0 Å². The van der Waals surface area contributed by atoms with Crippen molar-refractivity contribution < 1.29 is 31.5 Å². The lowest BCUT2D eigenvalue weighted by atomic mass is 10.5. The third kappa shape index (κ3) is 5.18. The van der Waals surface area contributed by atoms with Crippen LogP contribution in [0, 0.1) is 0 Å². The molecule has 0 fully saturated rings. The first-order valence-electron chi connectivity index (χ1n) is 4.28. The Balaban J connectivity index is 4.44. The predicted molar refractivity (Wildman–Crippen MR) is 53.9 cm³/mol. The van der Waals surface area contributed by atoms with Crippen molar-refractivity contribution in [3.8, 4) is 0 Å². The molecular formula is C6H17O7PSi. The molecule has 0 rings (SSSR count). The highest BCUT2D eigenvalue weighted by atomic mass is 31.2. The fraction of sp³-hybridized carbons (Fsp3) is 1.00. The summed E-state index contributed by atoms with van der Waals surface area (Å²) in [5, 5.41) is 0. The van der Waals surface area contributed by atoms with E-state index in [1.807, 2.05) is 0 Å². The number of phosphoric ester groups is 1. The number of hydrogen-bond donors (Lipinski definition) is 1. The molecule has 1 atom stereocenters. The van der Waals surface area contributed by atoms with Crippen molar-refractivity contribution in [2.24, 2.45) is 0 Å². The van der Waals surface area contributed by atoms with Gasteiger partial charge in [0.1, 0.15) is 0 Å². The molecule has 0 amide bonds. The molecule has 0 aromatic rings. The van der Waals surface area contributed by atoms with Gasteiger partial charge in [-0.3, -0.25) is 8.74 Å². The van der Waals surface area contributed by atoms with Crippen LogP contribution in [0.15, 0.2) is 0 Å². The first-order chi connectivity index (χ1) is 6.95. The van der Waals surface area contributed by atoms with Gasteiger partial charge in [-0.2, -0.15) is 0 Å². The molecular weight excluding hydrogens is 243 g/mol. The van der Waals surface area contributed by atoms with Crippen LogP contribution in [0.2, 0.25) is 0 Å². The summed E-state index contributed by atoms with van der Waals surface area (Å²) < 4.78 is 35.2. The first-order valence-corrected chi connectivity index (χ1v) is 7.41. The Morgan fingerprint density at radius 2 is 1.67 bits per heavy atom. The van der Waals surface area contributed by atoms with Gasteiger partial charge < -0.3 is 18.2 Å². The molecule has 0 saturated carbocycles. The topological polar surface area (TPSA) is 83.5 Å². The van der Waals surface area contributed by atoms with Gasteiger partial charge in [0.15, 0.2) is 0 Å². The molecule has 0 spiro atoms. The first kappa shape index (κ1) is 15.2. The summed E-state index contributed by atoms with van der Waals surface area (Å²) in [4.78, 5) is 9.28. The Kier molecular flexibility index (Phi) is 6.81. The molecule has 0 bridgehead atoms. The minimum Gasteiger partial charge on any atom is -0.354 e. The standard InChI is InChI=1S/C6H17O7PSi/c1-5-6-12-14(7,8)13-15(9-2,10-3)11-4/h5-6H2,1-4H3,(H,7,8). The molecule has 9 heteroatoms. The van der Waals surface area contributed by atoms with E-state index in [9.17, 15) is 9.46 Å². The molecule has 1 N–H and O–H groups in total. The van der Waals surface area contributed by atoms with Crippen LogP contribution >= 0.6 is 7.82 Å². The molecule has 0 aliphatic rings. The van der Waals surface area contributed by atoms with Crippen LogP contribution in [0.1, 0.15) is 13.3 Å². The Morgan fingerprint density at radius 1 is 1.20 bits per heavy atom. The van der Waals surface area contributed by atoms with Gasteiger partial charge in [-0.05, 0) is 6.42 Å². The van der Waals surface area contributed by atoms with Gasteiger partial charge in [-0.15, -0.1) is 0 Å². The van der Waals surface area contributed by atoms with Gasteiger partial charge in [0, 0.05) is 21.3 Å². The summed E-state index contributed by atoms with van der Waals surface area (Å²) in [5.74, 6) is 0. The van der Waals surface area contributed by atoms with Crippen molar-refractivity contribution in [1.82, 2.24) is 0 Å². The number of rotatable bonds is 8. The van der Waals surface area contributed by atoms with Gasteiger partial charge >= 0.3 is 16.9 Å². The smallest absolute Gasteiger partial charge is 0.354 e. The number of hydrogen-bond acceptors (Lipinski definition) is 6. The zero-order chi connectivity index (χ0) is 11.9. The normalized spacial score (nSPS) is 16.3. The van der Waals surface area contributed by atoms with Crippen molar-refractivity contribution in [1.29, 1.82) is 0 Å². The lowest BCUT2D eigenvalue weighted by Gasteiger charge is -2.24. The molecule has 0 aromatic carbocycles. The summed E-state index contributed by atoms with van der Waals surface area (Å²) >= 11 is 0. The van der Waals surface area contributed by atoms with Gasteiger partial charge in [-0.1, -0.05) is 6.92 Å². The highest BCUT2D eigenvalue weighted by Gasteiger charge is 2.49. The Morgan fingerprint density at radius 3 is 2.00 bits per heavy atom. The van der Waals surface area contributed by atoms with Gasteiger partial charge in [0.05, 0.1) is 6.61 Å². The van der Waals surface area contributed by atoms with Crippen molar-refractivity contribution in [3.63, 3.8) is 0 Å². The fourth-order valence-corrected chi connectivity index (χ4v) is 3.88. The van der Waals surface area contributed by atoms with E-state index in [1.54, 1.807) is 6.92 Å². The quantitative estimate of drug-likeness (QED) is 0.513. The summed E-state index contributed by atoms with van der Waals surface area (Å²) in [5.41, 5.74) is 0. The van der Waals surface area contributed by atoms with Crippen LogP contribution in [0.25, 0.3) is 0 Å². The zero-order valence-corrected chi connectivity index (χ0v) is 11.2. The molecule has 92 valence electrons. The Hall–Kier alpha value is 0.207.